The number of thioether (sulfide) groups is 1. The molecule has 0 saturated carbocycles. The van der Waals surface area contributed by atoms with Crippen molar-refractivity contribution in [2.75, 3.05) is 38.2 Å². The molecule has 0 spiro atoms. The maximum absolute atomic E-state index is 11.5. The fourth-order valence-electron chi connectivity index (χ4n) is 2.79. The molecule has 1 atom stereocenters. The third-order valence-electron chi connectivity index (χ3n) is 4.16. The summed E-state index contributed by atoms with van der Waals surface area (Å²) >= 11 is 2.05. The van der Waals surface area contributed by atoms with Crippen LogP contribution < -0.4 is 10.6 Å². The lowest BCUT2D eigenvalue weighted by atomic mass is 10.0. The Morgan fingerprint density at radius 1 is 1.38 bits per heavy atom. The van der Waals surface area contributed by atoms with Crippen LogP contribution in [0.3, 0.4) is 0 Å². The first-order valence-electron chi connectivity index (χ1n) is 8.05. The first-order chi connectivity index (χ1) is 10.2. The molecule has 1 amide bonds. The number of aliphatic imine (C=N–C) groups is 1. The normalized spacial score (nSPS) is 25.0. The molecule has 2 aliphatic rings. The molecule has 2 heterocycles. The van der Waals surface area contributed by atoms with Crippen molar-refractivity contribution in [3.8, 4) is 0 Å². The Morgan fingerprint density at radius 3 is 2.81 bits per heavy atom. The van der Waals surface area contributed by atoms with Crippen molar-refractivity contribution < 1.29 is 4.79 Å². The maximum Gasteiger partial charge on any atom is 0.222 e. The summed E-state index contributed by atoms with van der Waals surface area (Å²) in [6, 6.07) is 0.312. The summed E-state index contributed by atoms with van der Waals surface area (Å²) in [5.74, 6) is 4.44. The van der Waals surface area contributed by atoms with Gasteiger partial charge in [-0.1, -0.05) is 0 Å². The number of carbonyl (C=O) groups excluding carboxylic acids is 1. The number of rotatable bonds is 4. The van der Waals surface area contributed by atoms with E-state index < -0.39 is 0 Å². The monoisotopic (exact) mass is 312 g/mol. The van der Waals surface area contributed by atoms with Crippen molar-refractivity contribution in [1.29, 1.82) is 0 Å². The smallest absolute Gasteiger partial charge is 0.222 e. The second-order valence-corrected chi connectivity index (χ2v) is 7.15. The Balaban J connectivity index is 1.84. The maximum atomic E-state index is 11.5. The number of nitrogens with zero attached hydrogens (tertiary/aromatic N) is 2. The molecule has 6 heteroatoms. The Hall–Kier alpha value is -0.910. The molecule has 5 nitrogen and oxygen atoms in total. The van der Waals surface area contributed by atoms with Gasteiger partial charge in [-0.25, -0.2) is 0 Å². The Kier molecular flexibility index (Phi) is 6.67. The molecule has 0 bridgehead atoms. The lowest BCUT2D eigenvalue weighted by Crippen LogP contribution is -2.51. The zero-order valence-corrected chi connectivity index (χ0v) is 14.0. The van der Waals surface area contributed by atoms with Crippen LogP contribution in [0.1, 0.15) is 32.6 Å². The van der Waals surface area contributed by atoms with E-state index in [1.807, 2.05) is 11.9 Å². The number of likely N-dealkylation sites (tertiary alicyclic amines) is 1. The van der Waals surface area contributed by atoms with E-state index in [-0.39, 0.29) is 5.91 Å². The van der Waals surface area contributed by atoms with Gasteiger partial charge in [-0.2, -0.15) is 11.8 Å². The number of hydrogen-bond acceptors (Lipinski definition) is 3. The number of amides is 1. The molecule has 0 aromatic heterocycles. The number of piperidine rings is 1. The zero-order valence-electron chi connectivity index (χ0n) is 13.2. The summed E-state index contributed by atoms with van der Waals surface area (Å²) in [6.07, 6.45) is 4.10. The van der Waals surface area contributed by atoms with Crippen LogP contribution in [0.4, 0.5) is 0 Å². The van der Waals surface area contributed by atoms with Crippen molar-refractivity contribution in [2.45, 2.75) is 38.6 Å². The SMILES string of the molecule is CCNC(=NCC1CCSCC1)NC1CCC(=O)N(C)C1. The highest BCUT2D eigenvalue weighted by molar-refractivity contribution is 7.99. The van der Waals surface area contributed by atoms with Crippen molar-refractivity contribution in [3.05, 3.63) is 0 Å². The molecule has 2 rings (SSSR count). The molecule has 21 heavy (non-hydrogen) atoms. The standard InChI is InChI=1S/C15H28N4OS/c1-3-16-15(17-10-12-6-8-21-9-7-12)18-13-4-5-14(20)19(2)11-13/h12-13H,3-11H2,1-2H3,(H2,16,17,18). The van der Waals surface area contributed by atoms with Crippen LogP contribution in [0.25, 0.3) is 0 Å². The van der Waals surface area contributed by atoms with Gasteiger partial charge in [0, 0.05) is 39.1 Å². The van der Waals surface area contributed by atoms with E-state index in [0.717, 1.165) is 37.9 Å². The van der Waals surface area contributed by atoms with E-state index in [1.165, 1.54) is 24.3 Å². The third kappa shape index (κ3) is 5.41. The van der Waals surface area contributed by atoms with Gasteiger partial charge in [-0.15, -0.1) is 0 Å². The third-order valence-corrected chi connectivity index (χ3v) is 5.21. The molecule has 2 N–H and O–H groups in total. The van der Waals surface area contributed by atoms with E-state index >= 15 is 0 Å². The molecule has 0 aromatic carbocycles. The number of guanidine groups is 1. The summed E-state index contributed by atoms with van der Waals surface area (Å²) < 4.78 is 0. The van der Waals surface area contributed by atoms with Crippen LogP contribution >= 0.6 is 11.8 Å². The first kappa shape index (κ1) is 16.5. The van der Waals surface area contributed by atoms with Gasteiger partial charge in [-0.3, -0.25) is 9.79 Å². The summed E-state index contributed by atoms with van der Waals surface area (Å²) in [7, 11) is 1.87. The molecule has 1 unspecified atom stereocenters. The lowest BCUT2D eigenvalue weighted by molar-refractivity contribution is -0.132. The highest BCUT2D eigenvalue weighted by Gasteiger charge is 2.23. The minimum Gasteiger partial charge on any atom is -0.357 e. The lowest BCUT2D eigenvalue weighted by Gasteiger charge is -2.31. The summed E-state index contributed by atoms with van der Waals surface area (Å²) in [5, 5.41) is 6.81. The fourth-order valence-corrected chi connectivity index (χ4v) is 4.00. The quantitative estimate of drug-likeness (QED) is 0.607. The van der Waals surface area contributed by atoms with Gasteiger partial charge in [0.1, 0.15) is 0 Å². The first-order valence-corrected chi connectivity index (χ1v) is 9.21. The predicted octanol–water partition coefficient (Wildman–Crippen LogP) is 1.31. The predicted molar refractivity (Wildman–Crippen MR) is 89.8 cm³/mol. The minimum atomic E-state index is 0.245. The Bertz CT molecular complexity index is 369. The van der Waals surface area contributed by atoms with Gasteiger partial charge in [0.2, 0.25) is 5.91 Å². The average molecular weight is 312 g/mol. The fraction of sp³-hybridized carbons (Fsp3) is 0.867. The van der Waals surface area contributed by atoms with Crippen LogP contribution in [-0.2, 0) is 4.79 Å². The molecule has 120 valence electrons. The van der Waals surface area contributed by atoms with Crippen molar-refractivity contribution in [2.24, 2.45) is 10.9 Å². The van der Waals surface area contributed by atoms with Gasteiger partial charge in [0.05, 0.1) is 0 Å². The number of nitrogens with one attached hydrogen (secondary N) is 2. The number of hydrogen-bond donors (Lipinski definition) is 2. The van der Waals surface area contributed by atoms with Crippen molar-refractivity contribution in [1.82, 2.24) is 15.5 Å². The number of likely N-dealkylation sites (N-methyl/N-ethyl adjacent to an activating group) is 1. The highest BCUT2D eigenvalue weighted by atomic mass is 32.2. The Labute approximate surface area is 132 Å². The zero-order chi connectivity index (χ0) is 15.1. The van der Waals surface area contributed by atoms with Crippen LogP contribution in [0.5, 0.6) is 0 Å². The van der Waals surface area contributed by atoms with Gasteiger partial charge in [0.15, 0.2) is 5.96 Å². The van der Waals surface area contributed by atoms with Crippen LogP contribution in [0.2, 0.25) is 0 Å². The topological polar surface area (TPSA) is 56.7 Å². The van der Waals surface area contributed by atoms with E-state index in [1.54, 1.807) is 0 Å². The second-order valence-electron chi connectivity index (χ2n) is 5.93. The van der Waals surface area contributed by atoms with Crippen LogP contribution in [0, 0.1) is 5.92 Å². The summed E-state index contributed by atoms with van der Waals surface area (Å²) in [6.45, 7) is 4.64. The van der Waals surface area contributed by atoms with Gasteiger partial charge in [-0.05, 0) is 43.6 Å². The molecular formula is C15H28N4OS. The van der Waals surface area contributed by atoms with E-state index in [9.17, 15) is 4.79 Å². The largest absolute Gasteiger partial charge is 0.357 e. The highest BCUT2D eigenvalue weighted by Crippen LogP contribution is 2.22. The molecule has 0 aliphatic carbocycles. The molecular weight excluding hydrogens is 284 g/mol. The van der Waals surface area contributed by atoms with Crippen molar-refractivity contribution in [3.63, 3.8) is 0 Å². The van der Waals surface area contributed by atoms with E-state index in [0.29, 0.717) is 12.5 Å². The Morgan fingerprint density at radius 2 is 2.14 bits per heavy atom. The molecule has 2 fully saturated rings. The second kappa shape index (κ2) is 8.51. The molecule has 2 saturated heterocycles. The number of carbonyl (C=O) groups is 1. The summed E-state index contributed by atoms with van der Waals surface area (Å²) in [5.41, 5.74) is 0. The minimum absolute atomic E-state index is 0.245. The van der Waals surface area contributed by atoms with Gasteiger partial charge < -0.3 is 15.5 Å². The summed E-state index contributed by atoms with van der Waals surface area (Å²) in [4.78, 5) is 18.1. The molecule has 0 radical (unpaired) electrons. The van der Waals surface area contributed by atoms with Gasteiger partial charge >= 0.3 is 0 Å². The van der Waals surface area contributed by atoms with Gasteiger partial charge in [0.25, 0.3) is 0 Å². The molecule has 2 aliphatic heterocycles. The molecule has 0 aromatic rings. The van der Waals surface area contributed by atoms with Crippen LogP contribution in [-0.4, -0.2) is 61.0 Å². The van der Waals surface area contributed by atoms with Crippen molar-refractivity contribution >= 4 is 23.6 Å². The van der Waals surface area contributed by atoms with E-state index in [2.05, 4.69) is 29.3 Å². The van der Waals surface area contributed by atoms with Crippen LogP contribution in [0.15, 0.2) is 4.99 Å². The van der Waals surface area contributed by atoms with E-state index in [4.69, 9.17) is 4.99 Å². The average Bonchev–Trinajstić information content (AvgIpc) is 2.50.